The molecule has 3 aromatic heterocycles. The van der Waals surface area contributed by atoms with Crippen LogP contribution in [0.1, 0.15) is 63.4 Å². The molecule has 0 unspecified atom stereocenters. The Kier molecular flexibility index (Phi) is 8.24. The molecule has 2 atom stereocenters. The van der Waals surface area contributed by atoms with E-state index in [1.54, 1.807) is 23.9 Å². The average Bonchev–Trinajstić information content (AvgIpc) is 3.39. The number of fused-ring (bicyclic) bond motifs is 1. The Morgan fingerprint density at radius 3 is 2.64 bits per heavy atom. The van der Waals surface area contributed by atoms with Gasteiger partial charge < -0.3 is 21.1 Å². The van der Waals surface area contributed by atoms with Gasteiger partial charge in [-0.3, -0.25) is 19.1 Å². The minimum atomic E-state index is -0.618. The van der Waals surface area contributed by atoms with Crippen LogP contribution in [0.3, 0.4) is 0 Å². The van der Waals surface area contributed by atoms with Crippen molar-refractivity contribution >= 4 is 17.5 Å². The van der Waals surface area contributed by atoms with E-state index in [-0.39, 0.29) is 23.2 Å². The van der Waals surface area contributed by atoms with Gasteiger partial charge in [-0.15, -0.1) is 0 Å². The number of aromatic nitrogens is 4. The Morgan fingerprint density at radius 2 is 1.90 bits per heavy atom. The normalized spacial score (nSPS) is 14.7. The van der Waals surface area contributed by atoms with Crippen molar-refractivity contribution in [3.05, 3.63) is 104 Å². The summed E-state index contributed by atoms with van der Waals surface area (Å²) in [7, 11) is 1.66. The van der Waals surface area contributed by atoms with E-state index >= 15 is 0 Å². The van der Waals surface area contributed by atoms with Gasteiger partial charge >= 0.3 is 0 Å². The number of methoxy groups -OCH3 is 1. The van der Waals surface area contributed by atoms with Crippen molar-refractivity contribution in [2.45, 2.75) is 59.0 Å². The fourth-order valence-electron chi connectivity index (χ4n) is 5.64. The van der Waals surface area contributed by atoms with Crippen molar-refractivity contribution in [2.24, 2.45) is 0 Å². The standard InChI is InChI=1S/C32H37N7O3/c1-18-6-9-24(28(14-18)42-5)25(26-13-19(2)12-20(3)37-26)17-35-30-32(41)39-23(16-34-30)8-10-27(39)31(40)36-15-22-7-11-29(33)38-21(22)4/h6-7,9,11-14,16,25,27H,8,10,15,17H2,1-5H3,(H2,33,38)(H,34,35)(H,36,40)/t25-,27-/m0/s1. The van der Waals surface area contributed by atoms with Gasteiger partial charge in [0.2, 0.25) is 5.91 Å². The predicted molar refractivity (Wildman–Crippen MR) is 163 cm³/mol. The number of nitrogens with one attached hydrogen (secondary N) is 2. The molecule has 4 aromatic rings. The van der Waals surface area contributed by atoms with E-state index in [0.717, 1.165) is 50.8 Å². The summed E-state index contributed by atoms with van der Waals surface area (Å²) in [6.45, 7) is 8.54. The molecular weight excluding hydrogens is 530 g/mol. The number of aryl methyl sites for hydroxylation is 5. The SMILES string of the molecule is COc1cc(C)ccc1[C@H](CNc1ncc2n(c1=O)[C@H](C(=O)NCc1ccc(N)nc1C)CC2)c1cc(C)cc(C)n1. The number of pyridine rings is 2. The van der Waals surface area contributed by atoms with Crippen LogP contribution in [0, 0.1) is 27.7 Å². The number of nitrogens with two attached hydrogens (primary N) is 1. The molecular formula is C32H37N7O3. The van der Waals surface area contributed by atoms with E-state index in [9.17, 15) is 9.59 Å². The van der Waals surface area contributed by atoms with Crippen LogP contribution in [0.15, 0.2) is 53.5 Å². The quantitative estimate of drug-likeness (QED) is 0.277. The summed E-state index contributed by atoms with van der Waals surface area (Å²) < 4.78 is 7.31. The lowest BCUT2D eigenvalue weighted by Crippen LogP contribution is -2.36. The Balaban J connectivity index is 1.40. The number of anilines is 2. The maximum Gasteiger partial charge on any atom is 0.294 e. The molecule has 4 heterocycles. The second-order valence-electron chi connectivity index (χ2n) is 10.9. The topological polar surface area (TPSA) is 137 Å². The van der Waals surface area contributed by atoms with Gasteiger partial charge in [0.1, 0.15) is 17.6 Å². The molecule has 218 valence electrons. The highest BCUT2D eigenvalue weighted by Crippen LogP contribution is 2.33. The van der Waals surface area contributed by atoms with Crippen LogP contribution in [0.2, 0.25) is 0 Å². The monoisotopic (exact) mass is 567 g/mol. The maximum absolute atomic E-state index is 13.7. The molecule has 0 spiro atoms. The van der Waals surface area contributed by atoms with Gasteiger partial charge in [-0.2, -0.15) is 0 Å². The summed E-state index contributed by atoms with van der Waals surface area (Å²) in [6, 6.07) is 13.1. The molecule has 1 aliphatic rings. The summed E-state index contributed by atoms with van der Waals surface area (Å²) in [5, 5.41) is 6.25. The first kappa shape index (κ1) is 28.8. The van der Waals surface area contributed by atoms with Gasteiger partial charge in [-0.1, -0.05) is 18.2 Å². The van der Waals surface area contributed by atoms with E-state index in [0.29, 0.717) is 31.7 Å². The maximum atomic E-state index is 13.7. The number of amides is 1. The van der Waals surface area contributed by atoms with Crippen LogP contribution < -0.4 is 26.7 Å². The number of nitrogens with zero attached hydrogens (tertiary/aromatic N) is 4. The van der Waals surface area contributed by atoms with Crippen molar-refractivity contribution in [1.82, 2.24) is 24.8 Å². The largest absolute Gasteiger partial charge is 0.496 e. The van der Waals surface area contributed by atoms with Crippen molar-refractivity contribution in [3.63, 3.8) is 0 Å². The predicted octanol–water partition coefficient (Wildman–Crippen LogP) is 3.91. The lowest BCUT2D eigenvalue weighted by molar-refractivity contribution is -0.124. The van der Waals surface area contributed by atoms with Gasteiger partial charge in [0.15, 0.2) is 5.82 Å². The third-order valence-electron chi connectivity index (χ3n) is 7.74. The average molecular weight is 568 g/mol. The molecule has 0 aliphatic carbocycles. The summed E-state index contributed by atoms with van der Waals surface area (Å²) in [5.74, 6) is 0.949. The van der Waals surface area contributed by atoms with E-state index in [4.69, 9.17) is 15.5 Å². The van der Waals surface area contributed by atoms with Crippen LogP contribution in [-0.4, -0.2) is 39.1 Å². The lowest BCUT2D eigenvalue weighted by atomic mass is 9.92. The van der Waals surface area contributed by atoms with Crippen molar-refractivity contribution in [3.8, 4) is 5.75 Å². The highest BCUT2D eigenvalue weighted by molar-refractivity contribution is 5.81. The summed E-state index contributed by atoms with van der Waals surface area (Å²) in [6.07, 6.45) is 2.81. The molecule has 0 saturated heterocycles. The third-order valence-corrected chi connectivity index (χ3v) is 7.74. The highest BCUT2D eigenvalue weighted by atomic mass is 16.5. The lowest BCUT2D eigenvalue weighted by Gasteiger charge is -2.22. The Bertz CT molecular complexity index is 1680. The molecule has 42 heavy (non-hydrogen) atoms. The third kappa shape index (κ3) is 5.97. The molecule has 0 fully saturated rings. The van der Waals surface area contributed by atoms with Crippen molar-refractivity contribution in [2.75, 3.05) is 24.7 Å². The van der Waals surface area contributed by atoms with Crippen LogP contribution in [0.4, 0.5) is 11.6 Å². The Labute approximate surface area is 245 Å². The molecule has 5 rings (SSSR count). The number of ether oxygens (including phenoxy) is 1. The number of benzene rings is 1. The van der Waals surface area contributed by atoms with Crippen LogP contribution in [0.25, 0.3) is 0 Å². The van der Waals surface area contributed by atoms with Gasteiger partial charge in [-0.05, 0) is 81.5 Å². The van der Waals surface area contributed by atoms with Crippen molar-refractivity contribution < 1.29 is 9.53 Å². The first-order valence-electron chi connectivity index (χ1n) is 14.1. The van der Waals surface area contributed by atoms with Gasteiger partial charge in [0, 0.05) is 47.8 Å². The second kappa shape index (κ2) is 12.0. The Morgan fingerprint density at radius 1 is 1.10 bits per heavy atom. The zero-order chi connectivity index (χ0) is 30.0. The fraction of sp³-hybridized carbons (Fsp3) is 0.344. The zero-order valence-corrected chi connectivity index (χ0v) is 24.7. The number of rotatable bonds is 9. The van der Waals surface area contributed by atoms with Gasteiger partial charge in [0.05, 0.1) is 12.8 Å². The number of carbonyl (C=O) groups excluding carboxylic acids is 1. The number of hydrogen-bond acceptors (Lipinski definition) is 8. The number of hydrogen-bond donors (Lipinski definition) is 3. The van der Waals surface area contributed by atoms with Crippen molar-refractivity contribution in [1.29, 1.82) is 0 Å². The molecule has 0 radical (unpaired) electrons. The van der Waals surface area contributed by atoms with Gasteiger partial charge in [0.25, 0.3) is 5.56 Å². The van der Waals surface area contributed by atoms with E-state index in [2.05, 4.69) is 26.7 Å². The van der Waals surface area contributed by atoms with E-state index < -0.39 is 6.04 Å². The number of nitrogen functional groups attached to an aromatic ring is 1. The fourth-order valence-corrected chi connectivity index (χ4v) is 5.64. The molecule has 1 aromatic carbocycles. The molecule has 0 saturated carbocycles. The number of carbonyl (C=O) groups is 1. The molecule has 1 aliphatic heterocycles. The van der Waals surface area contributed by atoms with Gasteiger partial charge in [-0.25, -0.2) is 9.97 Å². The summed E-state index contributed by atoms with van der Waals surface area (Å²) >= 11 is 0. The van der Waals surface area contributed by atoms with E-state index in [1.807, 2.05) is 58.0 Å². The highest BCUT2D eigenvalue weighted by Gasteiger charge is 2.31. The molecule has 1 amide bonds. The smallest absolute Gasteiger partial charge is 0.294 e. The Hall–Kier alpha value is -4.73. The first-order valence-corrected chi connectivity index (χ1v) is 14.1. The minimum absolute atomic E-state index is 0.192. The molecule has 0 bridgehead atoms. The zero-order valence-electron chi connectivity index (χ0n) is 24.7. The summed E-state index contributed by atoms with van der Waals surface area (Å²) in [4.78, 5) is 40.5. The molecule has 10 heteroatoms. The van der Waals surface area contributed by atoms with Crippen LogP contribution in [-0.2, 0) is 17.8 Å². The van der Waals surface area contributed by atoms with Crippen LogP contribution in [0.5, 0.6) is 5.75 Å². The second-order valence-corrected chi connectivity index (χ2v) is 10.9. The minimum Gasteiger partial charge on any atom is -0.496 e. The first-order chi connectivity index (χ1) is 20.1. The summed E-state index contributed by atoms with van der Waals surface area (Å²) in [5.41, 5.74) is 12.7. The molecule has 10 nitrogen and oxygen atoms in total. The van der Waals surface area contributed by atoms with E-state index in [1.165, 1.54) is 0 Å². The molecule has 4 N–H and O–H groups in total. The van der Waals surface area contributed by atoms with Crippen LogP contribution >= 0.6 is 0 Å².